The molecule has 0 aliphatic carbocycles. The Morgan fingerprint density at radius 2 is 1.29 bits per heavy atom. The van der Waals surface area contributed by atoms with Crippen molar-refractivity contribution in [1.82, 2.24) is 0 Å². The van der Waals surface area contributed by atoms with E-state index in [-0.39, 0.29) is 0 Å². The SMILES string of the molecule is CCCCCCC[CH2][Al+2].O=C([O-])CCC(=O)[O-]. The van der Waals surface area contributed by atoms with Gasteiger partial charge in [-0.3, -0.25) is 0 Å². The maximum atomic E-state index is 9.50. The zero-order chi connectivity index (χ0) is 13.5. The minimum atomic E-state index is -1.37. The van der Waals surface area contributed by atoms with E-state index >= 15 is 0 Å². The van der Waals surface area contributed by atoms with Crippen LogP contribution in [0.5, 0.6) is 0 Å². The largest absolute Gasteiger partial charge is 0.550 e. The van der Waals surface area contributed by atoms with Crippen LogP contribution in [-0.2, 0) is 9.59 Å². The van der Waals surface area contributed by atoms with Gasteiger partial charge in [-0.25, -0.2) is 0 Å². The van der Waals surface area contributed by atoms with Crippen molar-refractivity contribution in [3.05, 3.63) is 0 Å². The summed E-state index contributed by atoms with van der Waals surface area (Å²) >= 11 is 2.78. The number of carbonyl (C=O) groups excluding carboxylic acids is 2. The van der Waals surface area contributed by atoms with Crippen molar-refractivity contribution in [2.45, 2.75) is 63.6 Å². The minimum absolute atomic E-state index is 0.470. The molecule has 0 heterocycles. The van der Waals surface area contributed by atoms with Crippen LogP contribution in [-0.4, -0.2) is 28.2 Å². The Balaban J connectivity index is 0. The van der Waals surface area contributed by atoms with Gasteiger partial charge < -0.3 is 19.8 Å². The summed E-state index contributed by atoms with van der Waals surface area (Å²) in [7, 11) is 0. The molecule has 0 aromatic carbocycles. The fourth-order valence-corrected chi connectivity index (χ4v) is 1.42. The number of hydrogen-bond donors (Lipinski definition) is 0. The second-order valence-electron chi connectivity index (χ2n) is 3.80. The number of aliphatic carboxylic acids is 2. The Morgan fingerprint density at radius 3 is 1.65 bits per heavy atom. The Morgan fingerprint density at radius 1 is 0.882 bits per heavy atom. The van der Waals surface area contributed by atoms with E-state index in [0.717, 1.165) is 0 Å². The molecule has 0 amide bonds. The van der Waals surface area contributed by atoms with Crippen molar-refractivity contribution < 1.29 is 19.8 Å². The van der Waals surface area contributed by atoms with Crippen LogP contribution in [0.1, 0.15) is 58.3 Å². The molecule has 0 aromatic heterocycles. The Kier molecular flexibility index (Phi) is 17.1. The van der Waals surface area contributed by atoms with Crippen LogP contribution in [0.3, 0.4) is 0 Å². The molecule has 96 valence electrons. The number of carbonyl (C=O) groups is 2. The number of hydrogen-bond acceptors (Lipinski definition) is 4. The van der Waals surface area contributed by atoms with Crippen molar-refractivity contribution in [1.29, 1.82) is 0 Å². The molecule has 0 atom stereocenters. The van der Waals surface area contributed by atoms with E-state index in [9.17, 15) is 19.8 Å². The van der Waals surface area contributed by atoms with E-state index in [1.165, 1.54) is 43.8 Å². The van der Waals surface area contributed by atoms with Crippen molar-refractivity contribution in [3.63, 3.8) is 0 Å². The predicted octanol–water partition coefficient (Wildman–Crippen LogP) is 0.200. The van der Waals surface area contributed by atoms with Crippen LogP contribution in [0, 0.1) is 0 Å². The minimum Gasteiger partial charge on any atom is -0.550 e. The monoisotopic (exact) mass is 256 g/mol. The van der Waals surface area contributed by atoms with Crippen molar-refractivity contribution in [3.8, 4) is 0 Å². The van der Waals surface area contributed by atoms with Crippen LogP contribution >= 0.6 is 0 Å². The van der Waals surface area contributed by atoms with Gasteiger partial charge >= 0.3 is 67.0 Å². The van der Waals surface area contributed by atoms with Gasteiger partial charge in [-0.2, -0.15) is 0 Å². The first-order valence-electron chi connectivity index (χ1n) is 6.14. The molecule has 0 aliphatic heterocycles. The molecule has 5 heteroatoms. The van der Waals surface area contributed by atoms with E-state index in [1.54, 1.807) is 0 Å². The van der Waals surface area contributed by atoms with E-state index in [0.29, 0.717) is 0 Å². The average molecular weight is 256 g/mol. The molecule has 0 fully saturated rings. The summed E-state index contributed by atoms with van der Waals surface area (Å²) in [4.78, 5) is 19.0. The van der Waals surface area contributed by atoms with Crippen molar-refractivity contribution in [2.24, 2.45) is 0 Å². The molecule has 0 saturated carbocycles. The molecule has 0 spiro atoms. The number of carboxylic acid groups (broad SMARTS) is 2. The molecule has 0 radical (unpaired) electrons. The third-order valence-corrected chi connectivity index (χ3v) is 2.50. The van der Waals surface area contributed by atoms with E-state index in [4.69, 9.17) is 0 Å². The molecular formula is C12H21AlO4. The zero-order valence-electron chi connectivity index (χ0n) is 10.6. The van der Waals surface area contributed by atoms with Gasteiger partial charge in [0.05, 0.1) is 0 Å². The molecule has 17 heavy (non-hydrogen) atoms. The Bertz CT molecular complexity index is 175. The summed E-state index contributed by atoms with van der Waals surface area (Å²) in [6, 6.07) is 0. The molecule has 0 aromatic rings. The summed E-state index contributed by atoms with van der Waals surface area (Å²) < 4.78 is 0. The van der Waals surface area contributed by atoms with Gasteiger partial charge in [-0.05, 0) is 12.8 Å². The fourth-order valence-electron chi connectivity index (χ4n) is 1.13. The normalized spacial score (nSPS) is 9.35. The summed E-state index contributed by atoms with van der Waals surface area (Å²) in [5.41, 5.74) is 0. The molecule has 0 bridgehead atoms. The Hall–Kier alpha value is -0.528. The van der Waals surface area contributed by atoms with Gasteiger partial charge in [0.1, 0.15) is 0 Å². The van der Waals surface area contributed by atoms with Gasteiger partial charge in [0.2, 0.25) is 0 Å². The van der Waals surface area contributed by atoms with E-state index in [1.807, 2.05) is 0 Å². The summed E-state index contributed by atoms with van der Waals surface area (Å²) in [5.74, 6) is -2.73. The molecule has 0 saturated heterocycles. The van der Waals surface area contributed by atoms with Gasteiger partial charge in [-0.15, -0.1) is 0 Å². The van der Waals surface area contributed by atoms with Gasteiger partial charge in [0, 0.05) is 11.9 Å². The third kappa shape index (κ3) is 25.6. The maximum Gasteiger partial charge on any atom is 0.0418 e. The summed E-state index contributed by atoms with van der Waals surface area (Å²) in [6.45, 7) is 2.26. The quantitative estimate of drug-likeness (QED) is 0.436. The van der Waals surface area contributed by atoms with E-state index < -0.39 is 24.8 Å². The van der Waals surface area contributed by atoms with Gasteiger partial charge in [0.15, 0.2) is 0 Å². The van der Waals surface area contributed by atoms with Crippen LogP contribution in [0.15, 0.2) is 0 Å². The zero-order valence-corrected chi connectivity index (χ0v) is 11.7. The Labute approximate surface area is 112 Å². The van der Waals surface area contributed by atoms with Crippen LogP contribution in [0.25, 0.3) is 0 Å². The second-order valence-corrected chi connectivity index (χ2v) is 4.38. The molecule has 0 N–H and O–H groups in total. The summed E-state index contributed by atoms with van der Waals surface area (Å²) in [5, 5.41) is 20.3. The van der Waals surface area contributed by atoms with Crippen molar-refractivity contribution in [2.75, 3.05) is 0 Å². The van der Waals surface area contributed by atoms with Gasteiger partial charge in [0.25, 0.3) is 0 Å². The number of unbranched alkanes of at least 4 members (excludes halogenated alkanes) is 5. The summed E-state index contributed by atoms with van der Waals surface area (Å²) in [6.07, 6.45) is 7.57. The standard InChI is InChI=1S/C8H17.C4H6O4.Al/c1-3-5-7-8-6-4-2;5-3(6)1-2-4(7)8;/h1,3-8H2,2H3;1-2H2,(H,5,6)(H,7,8);/q;;+2/p-2. The molecule has 0 unspecified atom stereocenters. The predicted molar refractivity (Wildman–Crippen MR) is 63.2 cm³/mol. The van der Waals surface area contributed by atoms with Crippen LogP contribution in [0.2, 0.25) is 5.28 Å². The first-order chi connectivity index (χ1) is 8.04. The molecular weight excluding hydrogens is 235 g/mol. The molecule has 0 rings (SSSR count). The first-order valence-corrected chi connectivity index (χ1v) is 6.96. The third-order valence-electron chi connectivity index (χ3n) is 2.09. The number of rotatable bonds is 9. The van der Waals surface area contributed by atoms with Crippen molar-refractivity contribution >= 4 is 28.2 Å². The van der Waals surface area contributed by atoms with Crippen LogP contribution < -0.4 is 10.2 Å². The average Bonchev–Trinajstić information content (AvgIpc) is 2.27. The topological polar surface area (TPSA) is 80.3 Å². The number of carboxylic acids is 2. The first kappa shape index (κ1) is 18.8. The smallest absolute Gasteiger partial charge is 0.0418 e. The fraction of sp³-hybridized carbons (Fsp3) is 0.833. The second kappa shape index (κ2) is 15.5. The molecule has 0 aliphatic rings. The van der Waals surface area contributed by atoms with Gasteiger partial charge in [-0.1, -0.05) is 0 Å². The molecule has 4 nitrogen and oxygen atoms in total. The maximum absolute atomic E-state index is 9.50. The van der Waals surface area contributed by atoms with E-state index in [2.05, 4.69) is 23.2 Å². The van der Waals surface area contributed by atoms with Crippen LogP contribution in [0.4, 0.5) is 0 Å².